The van der Waals surface area contributed by atoms with E-state index in [4.69, 9.17) is 0 Å². The lowest BCUT2D eigenvalue weighted by molar-refractivity contribution is 0.0606. The number of hydrogen-bond donors (Lipinski definition) is 1. The molecule has 1 fully saturated rings. The first-order valence-electron chi connectivity index (χ1n) is 11.5. The van der Waals surface area contributed by atoms with Gasteiger partial charge in [0, 0.05) is 24.3 Å². The lowest BCUT2D eigenvalue weighted by atomic mass is 9.85. The molecule has 1 aliphatic heterocycles. The number of imide groups is 1. The summed E-state index contributed by atoms with van der Waals surface area (Å²) in [6.45, 7) is 0.364. The van der Waals surface area contributed by atoms with Crippen molar-refractivity contribution in [3.63, 3.8) is 0 Å². The maximum Gasteiger partial charge on any atom is 0.261 e. The molecule has 0 saturated heterocycles. The van der Waals surface area contributed by atoms with Gasteiger partial charge in [0.25, 0.3) is 17.7 Å². The molecule has 3 amide bonds. The van der Waals surface area contributed by atoms with Gasteiger partial charge in [-0.05, 0) is 61.6 Å². The van der Waals surface area contributed by atoms with Gasteiger partial charge < -0.3 is 5.32 Å². The molecule has 0 radical (unpaired) electrons. The molecule has 2 heterocycles. The highest BCUT2D eigenvalue weighted by Crippen LogP contribution is 2.29. The molecule has 6 nitrogen and oxygen atoms in total. The van der Waals surface area contributed by atoms with Crippen LogP contribution in [0.4, 0.5) is 4.39 Å². The predicted octanol–water partition coefficient (Wildman–Crippen LogP) is 4.47. The number of amides is 3. The number of hydrogen-bond acceptors (Lipinski definition) is 4. The van der Waals surface area contributed by atoms with Crippen molar-refractivity contribution in [2.45, 2.75) is 31.7 Å². The number of nitrogens with one attached hydrogen (secondary N) is 1. The first kappa shape index (κ1) is 21.9. The minimum absolute atomic E-state index is 0.0377. The highest BCUT2D eigenvalue weighted by atomic mass is 19.1. The number of rotatable bonds is 5. The van der Waals surface area contributed by atoms with Crippen LogP contribution in [0.25, 0.3) is 11.3 Å². The van der Waals surface area contributed by atoms with E-state index >= 15 is 0 Å². The fourth-order valence-corrected chi connectivity index (χ4v) is 4.87. The molecule has 1 aliphatic carbocycles. The van der Waals surface area contributed by atoms with Crippen molar-refractivity contribution >= 4 is 17.7 Å². The summed E-state index contributed by atoms with van der Waals surface area (Å²) in [7, 11) is 0. The first-order chi connectivity index (χ1) is 16.5. The van der Waals surface area contributed by atoms with Gasteiger partial charge in [0.2, 0.25) is 0 Å². The summed E-state index contributed by atoms with van der Waals surface area (Å²) in [5.41, 5.74) is 2.59. The van der Waals surface area contributed by atoms with E-state index in [9.17, 15) is 18.8 Å². The summed E-state index contributed by atoms with van der Waals surface area (Å²) in [5, 5.41) is 3.07. The fourth-order valence-electron chi connectivity index (χ4n) is 4.87. The minimum atomic E-state index is -0.339. The van der Waals surface area contributed by atoms with Gasteiger partial charge in [-0.2, -0.15) is 0 Å². The molecule has 0 spiro atoms. The van der Waals surface area contributed by atoms with E-state index in [0.29, 0.717) is 40.9 Å². The van der Waals surface area contributed by atoms with Crippen LogP contribution < -0.4 is 5.32 Å². The Bertz CT molecular complexity index is 1220. The van der Waals surface area contributed by atoms with E-state index in [0.717, 1.165) is 19.3 Å². The molecule has 1 N–H and O–H groups in total. The number of pyridine rings is 1. The van der Waals surface area contributed by atoms with Crippen LogP contribution in [0.2, 0.25) is 0 Å². The van der Waals surface area contributed by atoms with Gasteiger partial charge in [-0.1, -0.05) is 30.7 Å². The summed E-state index contributed by atoms with van der Waals surface area (Å²) in [5.74, 6) is -0.902. The Morgan fingerprint density at radius 2 is 1.76 bits per heavy atom. The number of carbonyl (C=O) groups is 3. The number of fused-ring (bicyclic) bond motifs is 1. The zero-order valence-electron chi connectivity index (χ0n) is 18.5. The van der Waals surface area contributed by atoms with Crippen LogP contribution in [0.5, 0.6) is 0 Å². The second-order valence-electron chi connectivity index (χ2n) is 8.91. The van der Waals surface area contributed by atoms with Crippen LogP contribution in [-0.4, -0.2) is 40.2 Å². The van der Waals surface area contributed by atoms with Gasteiger partial charge in [-0.15, -0.1) is 0 Å². The Morgan fingerprint density at radius 1 is 1.00 bits per heavy atom. The van der Waals surface area contributed by atoms with Crippen LogP contribution in [-0.2, 0) is 0 Å². The van der Waals surface area contributed by atoms with Gasteiger partial charge in [0.05, 0.1) is 22.4 Å². The monoisotopic (exact) mass is 457 g/mol. The van der Waals surface area contributed by atoms with Crippen LogP contribution in [0.15, 0.2) is 66.9 Å². The van der Waals surface area contributed by atoms with Crippen molar-refractivity contribution in [2.24, 2.45) is 5.92 Å². The lowest BCUT2D eigenvalue weighted by Gasteiger charge is -2.31. The summed E-state index contributed by atoms with van der Waals surface area (Å²) in [6.07, 6.45) is 4.86. The normalized spacial score (nSPS) is 19.7. The summed E-state index contributed by atoms with van der Waals surface area (Å²) < 4.78 is 13.5. The SMILES string of the molecule is O=C(N[C@@H]1CCC[C@H](CN2C(=O)c3ccccc3C2=O)C1)c1ccc(-c2cccc(F)c2)nc1. The highest BCUT2D eigenvalue weighted by molar-refractivity contribution is 6.21. The van der Waals surface area contributed by atoms with Crippen molar-refractivity contribution in [1.82, 2.24) is 15.2 Å². The molecule has 1 aromatic heterocycles. The molecule has 0 bridgehead atoms. The molecule has 1 saturated carbocycles. The summed E-state index contributed by atoms with van der Waals surface area (Å²) in [6, 6.07) is 16.4. The van der Waals surface area contributed by atoms with Crippen molar-refractivity contribution in [2.75, 3.05) is 6.54 Å². The van der Waals surface area contributed by atoms with Crippen molar-refractivity contribution in [3.05, 3.63) is 89.4 Å². The van der Waals surface area contributed by atoms with Gasteiger partial charge in [-0.3, -0.25) is 24.3 Å². The molecule has 2 aliphatic rings. The van der Waals surface area contributed by atoms with Gasteiger partial charge >= 0.3 is 0 Å². The molecule has 2 aromatic carbocycles. The average Bonchev–Trinajstić information content (AvgIpc) is 3.09. The Morgan fingerprint density at radius 3 is 2.44 bits per heavy atom. The van der Waals surface area contributed by atoms with Crippen molar-refractivity contribution < 1.29 is 18.8 Å². The number of benzene rings is 2. The Balaban J connectivity index is 1.20. The van der Waals surface area contributed by atoms with Gasteiger partial charge in [0.15, 0.2) is 0 Å². The fraction of sp³-hybridized carbons (Fsp3) is 0.259. The maximum atomic E-state index is 13.5. The zero-order chi connectivity index (χ0) is 23.7. The van der Waals surface area contributed by atoms with E-state index in [1.54, 1.807) is 48.5 Å². The van der Waals surface area contributed by atoms with Gasteiger partial charge in [0.1, 0.15) is 5.82 Å². The van der Waals surface area contributed by atoms with Crippen LogP contribution in [0.3, 0.4) is 0 Å². The van der Waals surface area contributed by atoms with E-state index in [2.05, 4.69) is 10.3 Å². The van der Waals surface area contributed by atoms with E-state index in [1.165, 1.54) is 23.2 Å². The van der Waals surface area contributed by atoms with Crippen LogP contribution in [0, 0.1) is 11.7 Å². The molecule has 2 atom stereocenters. The Hall–Kier alpha value is -3.87. The molecule has 34 heavy (non-hydrogen) atoms. The van der Waals surface area contributed by atoms with E-state index in [1.807, 2.05) is 0 Å². The Kier molecular flexibility index (Phi) is 5.92. The molecule has 172 valence electrons. The third-order valence-corrected chi connectivity index (χ3v) is 6.58. The number of halogens is 1. The van der Waals surface area contributed by atoms with E-state index < -0.39 is 0 Å². The topological polar surface area (TPSA) is 79.4 Å². The largest absolute Gasteiger partial charge is 0.349 e. The molecule has 0 unspecified atom stereocenters. The quantitative estimate of drug-likeness (QED) is 0.574. The standard InChI is InChI=1S/C27H24FN3O3/c28-20-7-4-6-18(14-20)24-12-11-19(15-29-24)25(32)30-21-8-3-5-17(13-21)16-31-26(33)22-9-1-2-10-23(22)27(31)34/h1-2,4,6-7,9-12,14-15,17,21H,3,5,8,13,16H2,(H,30,32)/t17-,21+/m0/s1. The summed E-state index contributed by atoms with van der Waals surface area (Å²) >= 11 is 0. The van der Waals surface area contributed by atoms with Crippen molar-refractivity contribution in [3.8, 4) is 11.3 Å². The van der Waals surface area contributed by atoms with Gasteiger partial charge in [-0.25, -0.2) is 4.39 Å². The highest BCUT2D eigenvalue weighted by Gasteiger charge is 2.37. The van der Waals surface area contributed by atoms with Crippen molar-refractivity contribution in [1.29, 1.82) is 0 Å². The van der Waals surface area contributed by atoms with Crippen LogP contribution >= 0.6 is 0 Å². The number of carbonyl (C=O) groups excluding carboxylic acids is 3. The molecule has 3 aromatic rings. The second-order valence-corrected chi connectivity index (χ2v) is 8.91. The zero-order valence-corrected chi connectivity index (χ0v) is 18.5. The third kappa shape index (κ3) is 4.33. The maximum absolute atomic E-state index is 13.5. The predicted molar refractivity (Wildman–Crippen MR) is 125 cm³/mol. The van der Waals surface area contributed by atoms with E-state index in [-0.39, 0.29) is 35.5 Å². The van der Waals surface area contributed by atoms with Crippen LogP contribution in [0.1, 0.15) is 56.8 Å². The number of nitrogens with zero attached hydrogens (tertiary/aromatic N) is 2. The lowest BCUT2D eigenvalue weighted by Crippen LogP contribution is -2.42. The smallest absolute Gasteiger partial charge is 0.261 e. The first-order valence-corrected chi connectivity index (χ1v) is 11.5. The second kappa shape index (κ2) is 9.17. The molecular weight excluding hydrogens is 433 g/mol. The molecule has 7 heteroatoms. The molecular formula is C27H24FN3O3. The summed E-state index contributed by atoms with van der Waals surface area (Å²) in [4.78, 5) is 43.8. The average molecular weight is 458 g/mol. The third-order valence-electron chi connectivity index (χ3n) is 6.58. The minimum Gasteiger partial charge on any atom is -0.349 e. The number of aromatic nitrogens is 1. The Labute approximate surface area is 196 Å². The molecule has 5 rings (SSSR count).